The van der Waals surface area contributed by atoms with E-state index in [2.05, 4.69) is 20.1 Å². The summed E-state index contributed by atoms with van der Waals surface area (Å²) < 4.78 is 15.6. The molecule has 0 bridgehead atoms. The van der Waals surface area contributed by atoms with Crippen molar-refractivity contribution in [3.63, 3.8) is 0 Å². The molecule has 0 unspecified atom stereocenters. The number of nitrogens with zero attached hydrogens (tertiary/aromatic N) is 3. The summed E-state index contributed by atoms with van der Waals surface area (Å²) in [6.45, 7) is 0. The molecular formula is C15H12N4O3S. The first kappa shape index (κ1) is 13.9. The number of thioether (sulfide) groups is 1. The molecule has 116 valence electrons. The second-order valence-corrected chi connectivity index (χ2v) is 5.67. The van der Waals surface area contributed by atoms with Gasteiger partial charge in [0.25, 0.3) is 5.89 Å². The average Bonchev–Trinajstić information content (AvgIpc) is 3.30. The average molecular weight is 328 g/mol. The summed E-state index contributed by atoms with van der Waals surface area (Å²) in [5.41, 5.74) is 1.81. The molecule has 0 aliphatic heterocycles. The number of methoxy groups -OCH3 is 1. The summed E-state index contributed by atoms with van der Waals surface area (Å²) in [4.78, 5) is 12.0. The number of nitrogens with one attached hydrogen (secondary N) is 1. The van der Waals surface area contributed by atoms with Crippen molar-refractivity contribution in [1.82, 2.24) is 20.1 Å². The van der Waals surface area contributed by atoms with Crippen LogP contribution in [0.4, 0.5) is 0 Å². The molecular weight excluding hydrogens is 316 g/mol. The Labute approximate surface area is 135 Å². The largest absolute Gasteiger partial charge is 0.497 e. The van der Waals surface area contributed by atoms with Crippen LogP contribution >= 0.6 is 11.8 Å². The molecule has 0 aliphatic rings. The van der Waals surface area contributed by atoms with Crippen molar-refractivity contribution >= 4 is 22.8 Å². The number of aromatic amines is 1. The number of rotatable bonds is 5. The molecule has 0 radical (unpaired) electrons. The number of benzene rings is 1. The highest BCUT2D eigenvalue weighted by Crippen LogP contribution is 2.25. The van der Waals surface area contributed by atoms with Gasteiger partial charge in [-0.1, -0.05) is 16.9 Å². The fourth-order valence-corrected chi connectivity index (χ4v) is 2.83. The van der Waals surface area contributed by atoms with E-state index in [0.29, 0.717) is 23.2 Å². The Morgan fingerprint density at radius 3 is 3.04 bits per heavy atom. The van der Waals surface area contributed by atoms with Crippen LogP contribution in [0.3, 0.4) is 0 Å². The molecule has 23 heavy (non-hydrogen) atoms. The van der Waals surface area contributed by atoms with E-state index >= 15 is 0 Å². The highest BCUT2D eigenvalue weighted by molar-refractivity contribution is 7.98. The SMILES string of the molecule is COc1ccc2nc(SCc3noc(-c4ccco4)n3)[nH]c2c1. The van der Waals surface area contributed by atoms with Gasteiger partial charge in [0.2, 0.25) is 0 Å². The Balaban J connectivity index is 1.48. The number of hydrogen-bond donors (Lipinski definition) is 1. The van der Waals surface area contributed by atoms with Crippen molar-refractivity contribution in [3.05, 3.63) is 42.4 Å². The lowest BCUT2D eigenvalue weighted by Gasteiger charge is -1.96. The van der Waals surface area contributed by atoms with Crippen LogP contribution in [0, 0.1) is 0 Å². The second-order valence-electron chi connectivity index (χ2n) is 4.71. The predicted molar refractivity (Wildman–Crippen MR) is 84.2 cm³/mol. The fourth-order valence-electron chi connectivity index (χ4n) is 2.11. The maximum absolute atomic E-state index is 5.22. The summed E-state index contributed by atoms with van der Waals surface area (Å²) in [5.74, 6) is 2.85. The highest BCUT2D eigenvalue weighted by Gasteiger charge is 2.12. The number of imidazole rings is 1. The van der Waals surface area contributed by atoms with Gasteiger partial charge in [-0.15, -0.1) is 0 Å². The normalized spacial score (nSPS) is 11.2. The molecule has 1 aromatic carbocycles. The van der Waals surface area contributed by atoms with E-state index in [1.54, 1.807) is 25.5 Å². The van der Waals surface area contributed by atoms with E-state index < -0.39 is 0 Å². The van der Waals surface area contributed by atoms with Gasteiger partial charge in [-0.3, -0.25) is 0 Å². The van der Waals surface area contributed by atoms with E-state index in [9.17, 15) is 0 Å². The van der Waals surface area contributed by atoms with Gasteiger partial charge in [0.15, 0.2) is 16.7 Å². The number of hydrogen-bond acceptors (Lipinski definition) is 7. The third-order valence-corrected chi connectivity index (χ3v) is 4.07. The van der Waals surface area contributed by atoms with Gasteiger partial charge in [-0.05, 0) is 24.3 Å². The first-order chi connectivity index (χ1) is 11.3. The Bertz CT molecular complexity index is 929. The number of furan rings is 1. The summed E-state index contributed by atoms with van der Waals surface area (Å²) >= 11 is 1.50. The highest BCUT2D eigenvalue weighted by atomic mass is 32.2. The Morgan fingerprint density at radius 2 is 2.22 bits per heavy atom. The zero-order valence-electron chi connectivity index (χ0n) is 12.1. The van der Waals surface area contributed by atoms with E-state index in [0.717, 1.165) is 21.9 Å². The Hall–Kier alpha value is -2.74. The predicted octanol–water partition coefficient (Wildman–Crippen LogP) is 3.51. The van der Waals surface area contributed by atoms with Crippen LogP contribution in [-0.2, 0) is 5.75 Å². The maximum Gasteiger partial charge on any atom is 0.293 e. The van der Waals surface area contributed by atoms with Crippen molar-refractivity contribution in [1.29, 1.82) is 0 Å². The van der Waals surface area contributed by atoms with E-state index in [1.165, 1.54) is 11.8 Å². The molecule has 8 heteroatoms. The number of H-pyrrole nitrogens is 1. The lowest BCUT2D eigenvalue weighted by Crippen LogP contribution is -1.84. The van der Waals surface area contributed by atoms with Gasteiger partial charge in [0.05, 0.1) is 30.2 Å². The van der Waals surface area contributed by atoms with Gasteiger partial charge in [-0.2, -0.15) is 4.98 Å². The summed E-state index contributed by atoms with van der Waals surface area (Å²) in [6, 6.07) is 9.26. The molecule has 0 saturated heterocycles. The van der Waals surface area contributed by atoms with Crippen molar-refractivity contribution in [2.75, 3.05) is 7.11 Å². The first-order valence-corrected chi connectivity index (χ1v) is 7.83. The molecule has 4 aromatic rings. The molecule has 0 saturated carbocycles. The lowest BCUT2D eigenvalue weighted by atomic mass is 10.3. The van der Waals surface area contributed by atoms with E-state index in [4.69, 9.17) is 13.7 Å². The van der Waals surface area contributed by atoms with Crippen molar-refractivity contribution in [2.45, 2.75) is 10.9 Å². The van der Waals surface area contributed by atoms with E-state index in [-0.39, 0.29) is 0 Å². The first-order valence-electron chi connectivity index (χ1n) is 6.85. The minimum atomic E-state index is 0.375. The topological polar surface area (TPSA) is 90.0 Å². The van der Waals surface area contributed by atoms with Crippen LogP contribution in [-0.4, -0.2) is 27.2 Å². The van der Waals surface area contributed by atoms with Crippen molar-refractivity contribution in [3.8, 4) is 17.4 Å². The third-order valence-electron chi connectivity index (χ3n) is 3.21. The Kier molecular flexibility index (Phi) is 3.51. The molecule has 3 heterocycles. The van der Waals surface area contributed by atoms with Gasteiger partial charge in [0, 0.05) is 6.07 Å². The number of fused-ring (bicyclic) bond motifs is 1. The van der Waals surface area contributed by atoms with Crippen LogP contribution in [0.15, 0.2) is 50.7 Å². The fraction of sp³-hybridized carbons (Fsp3) is 0.133. The third kappa shape index (κ3) is 2.80. The quantitative estimate of drug-likeness (QED) is 0.561. The zero-order chi connectivity index (χ0) is 15.6. The molecule has 0 spiro atoms. The smallest absolute Gasteiger partial charge is 0.293 e. The van der Waals surface area contributed by atoms with Gasteiger partial charge in [-0.25, -0.2) is 4.98 Å². The van der Waals surface area contributed by atoms with Gasteiger partial charge >= 0.3 is 0 Å². The summed E-state index contributed by atoms with van der Waals surface area (Å²) in [7, 11) is 1.64. The monoisotopic (exact) mass is 328 g/mol. The Morgan fingerprint density at radius 1 is 1.26 bits per heavy atom. The van der Waals surface area contributed by atoms with Gasteiger partial charge in [0.1, 0.15) is 5.75 Å². The molecule has 3 aromatic heterocycles. The zero-order valence-corrected chi connectivity index (χ0v) is 13.0. The second kappa shape index (κ2) is 5.81. The minimum Gasteiger partial charge on any atom is -0.497 e. The van der Waals surface area contributed by atoms with Gasteiger partial charge < -0.3 is 18.7 Å². The van der Waals surface area contributed by atoms with E-state index in [1.807, 2.05) is 18.2 Å². The molecule has 1 N–H and O–H groups in total. The standard InChI is InChI=1S/C15H12N4O3S/c1-20-9-4-5-10-11(7-9)17-15(16-10)23-8-13-18-14(22-19-13)12-3-2-6-21-12/h2-7H,8H2,1H3,(H,16,17). The summed E-state index contributed by atoms with van der Waals surface area (Å²) in [6.07, 6.45) is 1.57. The van der Waals surface area contributed by atoms with Crippen molar-refractivity contribution in [2.24, 2.45) is 0 Å². The molecule has 0 aliphatic carbocycles. The maximum atomic E-state index is 5.22. The van der Waals surface area contributed by atoms with Crippen LogP contribution in [0.2, 0.25) is 0 Å². The molecule has 0 fully saturated rings. The summed E-state index contributed by atoms with van der Waals surface area (Å²) in [5, 5.41) is 4.73. The van der Waals surface area contributed by atoms with Crippen LogP contribution < -0.4 is 4.74 Å². The van der Waals surface area contributed by atoms with Crippen LogP contribution in [0.5, 0.6) is 5.75 Å². The minimum absolute atomic E-state index is 0.375. The number of ether oxygens (including phenoxy) is 1. The molecule has 0 amide bonds. The molecule has 4 rings (SSSR count). The molecule has 0 atom stereocenters. The van der Waals surface area contributed by atoms with Crippen LogP contribution in [0.25, 0.3) is 22.7 Å². The lowest BCUT2D eigenvalue weighted by molar-refractivity contribution is 0.411. The number of aromatic nitrogens is 4. The van der Waals surface area contributed by atoms with Crippen LogP contribution in [0.1, 0.15) is 5.82 Å². The molecule has 7 nitrogen and oxygen atoms in total. The van der Waals surface area contributed by atoms with Crippen molar-refractivity contribution < 1.29 is 13.7 Å².